The zero-order valence-corrected chi connectivity index (χ0v) is 15.4. The number of hydrogen-bond donors (Lipinski definition) is 0. The number of nitrogens with zero attached hydrogens (tertiary/aromatic N) is 1. The Morgan fingerprint density at radius 3 is 2.19 bits per heavy atom. The van der Waals surface area contributed by atoms with Crippen LogP contribution in [0.4, 0.5) is 0 Å². The van der Waals surface area contributed by atoms with Crippen LogP contribution in [0.2, 0.25) is 5.02 Å². The molecule has 0 aliphatic rings. The molecule has 0 radical (unpaired) electrons. The number of methoxy groups -OCH3 is 3. The van der Waals surface area contributed by atoms with Crippen LogP contribution in [0, 0.1) is 0 Å². The Bertz CT molecular complexity index is 923. The van der Waals surface area contributed by atoms with Crippen LogP contribution in [0.25, 0.3) is 5.69 Å². The zero-order chi connectivity index (χ0) is 18.7. The first kappa shape index (κ1) is 17.9. The Hall–Kier alpha value is -2.92. The molecule has 0 N–H and O–H groups in total. The number of carbonyl (C=O) groups is 1. The fourth-order valence-corrected chi connectivity index (χ4v) is 2.89. The summed E-state index contributed by atoms with van der Waals surface area (Å²) in [6.07, 6.45) is 3.58. The van der Waals surface area contributed by atoms with E-state index >= 15 is 0 Å². The summed E-state index contributed by atoms with van der Waals surface area (Å²) in [4.78, 5) is 12.9. The van der Waals surface area contributed by atoms with E-state index in [4.69, 9.17) is 25.8 Å². The summed E-state index contributed by atoms with van der Waals surface area (Å²) in [6.45, 7) is 0. The van der Waals surface area contributed by atoms with E-state index in [0.717, 1.165) is 5.69 Å². The minimum atomic E-state index is -0.148. The third kappa shape index (κ3) is 3.39. The molecule has 0 aliphatic carbocycles. The number of ketones is 1. The summed E-state index contributed by atoms with van der Waals surface area (Å²) in [5.41, 5.74) is 1.86. The van der Waals surface area contributed by atoms with Crippen LogP contribution >= 0.6 is 11.6 Å². The van der Waals surface area contributed by atoms with Crippen LogP contribution in [-0.4, -0.2) is 31.7 Å². The lowest BCUT2D eigenvalue weighted by atomic mass is 10.0. The quantitative estimate of drug-likeness (QED) is 0.603. The van der Waals surface area contributed by atoms with E-state index in [1.54, 1.807) is 30.5 Å². The predicted octanol–water partition coefficient (Wildman–Crippen LogP) is 4.39. The molecular weight excluding hydrogens is 354 g/mol. The van der Waals surface area contributed by atoms with Crippen molar-refractivity contribution in [1.29, 1.82) is 0 Å². The van der Waals surface area contributed by atoms with Gasteiger partial charge in [0.15, 0.2) is 17.3 Å². The van der Waals surface area contributed by atoms with E-state index in [2.05, 4.69) is 0 Å². The first-order chi connectivity index (χ1) is 12.6. The lowest BCUT2D eigenvalue weighted by Crippen LogP contribution is -2.03. The van der Waals surface area contributed by atoms with Crippen molar-refractivity contribution < 1.29 is 19.0 Å². The topological polar surface area (TPSA) is 49.7 Å². The summed E-state index contributed by atoms with van der Waals surface area (Å²) in [5.74, 6) is 1.17. The van der Waals surface area contributed by atoms with Crippen molar-refractivity contribution in [3.8, 4) is 22.9 Å². The number of aromatic nitrogens is 1. The maximum Gasteiger partial charge on any atom is 0.203 e. The van der Waals surface area contributed by atoms with Gasteiger partial charge < -0.3 is 18.8 Å². The zero-order valence-electron chi connectivity index (χ0n) is 14.7. The van der Waals surface area contributed by atoms with E-state index < -0.39 is 0 Å². The Labute approximate surface area is 156 Å². The van der Waals surface area contributed by atoms with Crippen molar-refractivity contribution in [2.45, 2.75) is 0 Å². The SMILES string of the molecule is COc1cc(C(=O)c2ccn(-c3cccc(Cl)c3)c2)cc(OC)c1OC. The van der Waals surface area contributed by atoms with Crippen molar-refractivity contribution in [2.24, 2.45) is 0 Å². The number of carbonyl (C=O) groups excluding carboxylic acids is 1. The van der Waals surface area contributed by atoms with E-state index in [1.807, 2.05) is 29.0 Å². The summed E-state index contributed by atoms with van der Waals surface area (Å²) >= 11 is 6.04. The molecule has 3 rings (SSSR count). The first-order valence-corrected chi connectivity index (χ1v) is 8.23. The second-order valence-electron chi connectivity index (χ2n) is 5.53. The molecule has 134 valence electrons. The molecule has 0 unspecified atom stereocenters. The lowest BCUT2D eigenvalue weighted by molar-refractivity contribution is 0.103. The van der Waals surface area contributed by atoms with Crippen molar-refractivity contribution in [3.05, 3.63) is 71.0 Å². The molecule has 26 heavy (non-hydrogen) atoms. The Morgan fingerprint density at radius 1 is 0.923 bits per heavy atom. The number of ether oxygens (including phenoxy) is 3. The molecular formula is C20H18ClNO4. The fraction of sp³-hybridized carbons (Fsp3) is 0.150. The van der Waals surface area contributed by atoms with Gasteiger partial charge in [0.1, 0.15) is 0 Å². The summed E-state index contributed by atoms with van der Waals surface area (Å²) < 4.78 is 17.8. The fourth-order valence-electron chi connectivity index (χ4n) is 2.71. The van der Waals surface area contributed by atoms with Gasteiger partial charge in [-0.25, -0.2) is 0 Å². The van der Waals surface area contributed by atoms with E-state index in [9.17, 15) is 4.79 Å². The van der Waals surface area contributed by atoms with Gasteiger partial charge >= 0.3 is 0 Å². The maximum absolute atomic E-state index is 12.9. The number of rotatable bonds is 6. The molecule has 0 fully saturated rings. The van der Waals surface area contributed by atoms with E-state index in [1.165, 1.54) is 21.3 Å². The minimum Gasteiger partial charge on any atom is -0.493 e. The first-order valence-electron chi connectivity index (χ1n) is 7.86. The second-order valence-corrected chi connectivity index (χ2v) is 5.97. The molecule has 0 amide bonds. The van der Waals surface area contributed by atoms with Crippen LogP contribution in [-0.2, 0) is 0 Å². The van der Waals surface area contributed by atoms with Crippen LogP contribution in [0.3, 0.4) is 0 Å². The Balaban J connectivity index is 1.98. The number of benzene rings is 2. The monoisotopic (exact) mass is 371 g/mol. The average Bonchev–Trinajstić information content (AvgIpc) is 3.16. The van der Waals surface area contributed by atoms with Gasteiger partial charge in [0.25, 0.3) is 0 Å². The standard InChI is InChI=1S/C20H18ClNO4/c1-24-17-9-14(10-18(25-2)20(17)26-3)19(23)13-7-8-22(12-13)16-6-4-5-15(21)11-16/h4-12H,1-3H3. The largest absolute Gasteiger partial charge is 0.493 e. The molecule has 1 heterocycles. The van der Waals surface area contributed by atoms with Crippen LogP contribution in [0.5, 0.6) is 17.2 Å². The van der Waals surface area contributed by atoms with Crippen molar-refractivity contribution in [1.82, 2.24) is 4.57 Å². The molecule has 0 spiro atoms. The van der Waals surface area contributed by atoms with Gasteiger partial charge in [0.05, 0.1) is 21.3 Å². The van der Waals surface area contributed by atoms with Gasteiger partial charge in [0.2, 0.25) is 5.75 Å². The third-order valence-corrected chi connectivity index (χ3v) is 4.22. The van der Waals surface area contributed by atoms with Crippen molar-refractivity contribution in [2.75, 3.05) is 21.3 Å². The van der Waals surface area contributed by atoms with Gasteiger partial charge in [-0.2, -0.15) is 0 Å². The summed E-state index contributed by atoms with van der Waals surface area (Å²) in [7, 11) is 4.55. The van der Waals surface area contributed by atoms with Crippen molar-refractivity contribution >= 4 is 17.4 Å². The average molecular weight is 372 g/mol. The number of hydrogen-bond acceptors (Lipinski definition) is 4. The Kier molecular flexibility index (Phi) is 5.19. The van der Waals surface area contributed by atoms with Crippen LogP contribution in [0.1, 0.15) is 15.9 Å². The minimum absolute atomic E-state index is 0.148. The highest BCUT2D eigenvalue weighted by Crippen LogP contribution is 2.38. The molecule has 0 saturated heterocycles. The molecule has 3 aromatic rings. The van der Waals surface area contributed by atoms with Gasteiger partial charge in [-0.3, -0.25) is 4.79 Å². The van der Waals surface area contributed by atoms with Gasteiger partial charge in [0, 0.05) is 34.2 Å². The number of halogens is 1. The Morgan fingerprint density at radius 2 is 1.62 bits per heavy atom. The van der Waals surface area contributed by atoms with E-state index in [0.29, 0.717) is 33.4 Å². The molecule has 0 aliphatic heterocycles. The summed E-state index contributed by atoms with van der Waals surface area (Å²) in [5, 5.41) is 0.633. The maximum atomic E-state index is 12.9. The smallest absolute Gasteiger partial charge is 0.203 e. The molecule has 0 saturated carbocycles. The summed E-state index contributed by atoms with van der Waals surface area (Å²) in [6, 6.07) is 12.4. The highest BCUT2D eigenvalue weighted by atomic mass is 35.5. The molecule has 5 nitrogen and oxygen atoms in total. The second kappa shape index (κ2) is 7.54. The molecule has 6 heteroatoms. The van der Waals surface area contributed by atoms with Gasteiger partial charge in [-0.05, 0) is 36.4 Å². The van der Waals surface area contributed by atoms with E-state index in [-0.39, 0.29) is 5.78 Å². The van der Waals surface area contributed by atoms with Crippen molar-refractivity contribution in [3.63, 3.8) is 0 Å². The van der Waals surface area contributed by atoms with Crippen LogP contribution < -0.4 is 14.2 Å². The normalized spacial score (nSPS) is 10.5. The molecule has 2 aromatic carbocycles. The highest BCUT2D eigenvalue weighted by molar-refractivity contribution is 6.30. The van der Waals surface area contributed by atoms with Gasteiger partial charge in [-0.1, -0.05) is 17.7 Å². The third-order valence-electron chi connectivity index (χ3n) is 3.99. The molecule has 0 atom stereocenters. The highest BCUT2D eigenvalue weighted by Gasteiger charge is 2.18. The van der Waals surface area contributed by atoms with Crippen LogP contribution in [0.15, 0.2) is 54.9 Å². The van der Waals surface area contributed by atoms with Gasteiger partial charge in [-0.15, -0.1) is 0 Å². The molecule has 1 aromatic heterocycles. The lowest BCUT2D eigenvalue weighted by Gasteiger charge is -2.13. The molecule has 0 bridgehead atoms. The predicted molar refractivity (Wildman–Crippen MR) is 100 cm³/mol.